The monoisotopic (exact) mass is 189 g/mol. The molecule has 0 bridgehead atoms. The van der Waals surface area contributed by atoms with Gasteiger partial charge in [0.1, 0.15) is 6.54 Å². The van der Waals surface area contributed by atoms with Gasteiger partial charge in [0.05, 0.1) is 0 Å². The van der Waals surface area contributed by atoms with Crippen LogP contribution in [0.15, 0.2) is 36.5 Å². The van der Waals surface area contributed by atoms with Crippen LogP contribution in [0.2, 0.25) is 0 Å². The van der Waals surface area contributed by atoms with Gasteiger partial charge >= 0.3 is 5.97 Å². The number of anilines is 1. The molecule has 0 saturated carbocycles. The van der Waals surface area contributed by atoms with E-state index in [1.54, 1.807) is 4.90 Å². The van der Waals surface area contributed by atoms with Crippen LogP contribution in [0.1, 0.15) is 5.56 Å². The topological polar surface area (TPSA) is 40.5 Å². The zero-order chi connectivity index (χ0) is 10.1. The van der Waals surface area contributed by atoms with E-state index in [-0.39, 0.29) is 6.54 Å². The standard InChI is InChI=1S/C11H11NO2/c1-8-6-9-4-2-3-5-10(9)12(8)7-11(13)14/h2-5H,1,6-7H2,(H,13,14). The van der Waals surface area contributed by atoms with E-state index in [2.05, 4.69) is 6.58 Å². The molecule has 14 heavy (non-hydrogen) atoms. The van der Waals surface area contributed by atoms with Crippen LogP contribution in [-0.4, -0.2) is 17.6 Å². The number of hydrogen-bond donors (Lipinski definition) is 1. The van der Waals surface area contributed by atoms with Crippen LogP contribution in [-0.2, 0) is 11.2 Å². The summed E-state index contributed by atoms with van der Waals surface area (Å²) in [4.78, 5) is 12.4. The number of para-hydroxylation sites is 1. The molecule has 0 spiro atoms. The lowest BCUT2D eigenvalue weighted by Gasteiger charge is -2.17. The highest BCUT2D eigenvalue weighted by molar-refractivity contribution is 5.78. The van der Waals surface area contributed by atoms with Gasteiger partial charge in [-0.1, -0.05) is 24.8 Å². The van der Waals surface area contributed by atoms with Gasteiger partial charge in [-0.25, -0.2) is 0 Å². The number of nitrogens with zero attached hydrogens (tertiary/aromatic N) is 1. The summed E-state index contributed by atoms with van der Waals surface area (Å²) in [7, 11) is 0. The lowest BCUT2D eigenvalue weighted by molar-refractivity contribution is -0.135. The average Bonchev–Trinajstić information content (AvgIpc) is 2.43. The Bertz CT molecular complexity index is 398. The summed E-state index contributed by atoms with van der Waals surface area (Å²) in [6, 6.07) is 7.79. The SMILES string of the molecule is C=C1Cc2ccccc2N1CC(=O)O. The molecule has 1 N–H and O–H groups in total. The van der Waals surface area contributed by atoms with Crippen molar-refractivity contribution >= 4 is 11.7 Å². The second-order valence-corrected chi connectivity index (χ2v) is 3.35. The summed E-state index contributed by atoms with van der Waals surface area (Å²) in [6.45, 7) is 3.86. The Hall–Kier alpha value is -1.77. The molecule has 0 atom stereocenters. The minimum absolute atomic E-state index is 0.00412. The minimum Gasteiger partial charge on any atom is -0.480 e. The zero-order valence-electron chi connectivity index (χ0n) is 7.73. The van der Waals surface area contributed by atoms with Crippen LogP contribution in [0.5, 0.6) is 0 Å². The van der Waals surface area contributed by atoms with E-state index in [0.717, 1.165) is 23.4 Å². The van der Waals surface area contributed by atoms with Crippen molar-refractivity contribution in [3.63, 3.8) is 0 Å². The Morgan fingerprint density at radius 1 is 1.50 bits per heavy atom. The molecule has 0 unspecified atom stereocenters. The lowest BCUT2D eigenvalue weighted by Crippen LogP contribution is -2.25. The van der Waals surface area contributed by atoms with Gasteiger partial charge in [-0.05, 0) is 11.6 Å². The first-order chi connectivity index (χ1) is 6.68. The molecule has 0 radical (unpaired) electrons. The maximum atomic E-state index is 10.6. The molecule has 2 rings (SSSR count). The zero-order valence-corrected chi connectivity index (χ0v) is 7.73. The quantitative estimate of drug-likeness (QED) is 0.769. The summed E-state index contributed by atoms with van der Waals surface area (Å²) >= 11 is 0. The molecule has 1 aliphatic heterocycles. The molecule has 1 aliphatic rings. The van der Waals surface area contributed by atoms with Gasteiger partial charge in [-0.3, -0.25) is 4.79 Å². The summed E-state index contributed by atoms with van der Waals surface area (Å²) < 4.78 is 0. The number of carboxylic acid groups (broad SMARTS) is 1. The normalized spacial score (nSPS) is 14.3. The van der Waals surface area contributed by atoms with E-state index >= 15 is 0 Å². The molecule has 1 aromatic rings. The van der Waals surface area contributed by atoms with Crippen LogP contribution < -0.4 is 4.90 Å². The predicted molar refractivity (Wildman–Crippen MR) is 54.3 cm³/mol. The van der Waals surface area contributed by atoms with Crippen LogP contribution in [0.4, 0.5) is 5.69 Å². The molecule has 0 aromatic heterocycles. The summed E-state index contributed by atoms with van der Waals surface area (Å²) in [6.07, 6.45) is 0.753. The number of carbonyl (C=O) groups is 1. The largest absolute Gasteiger partial charge is 0.480 e. The van der Waals surface area contributed by atoms with E-state index in [1.165, 1.54) is 0 Å². The third-order valence-corrected chi connectivity index (χ3v) is 2.35. The molecular formula is C11H11NO2. The highest BCUT2D eigenvalue weighted by Gasteiger charge is 2.23. The summed E-state index contributed by atoms with van der Waals surface area (Å²) in [5.41, 5.74) is 2.98. The summed E-state index contributed by atoms with van der Waals surface area (Å²) in [5.74, 6) is -0.831. The smallest absolute Gasteiger partial charge is 0.323 e. The molecule has 3 nitrogen and oxygen atoms in total. The van der Waals surface area contributed by atoms with Gasteiger partial charge in [-0.2, -0.15) is 0 Å². The van der Waals surface area contributed by atoms with E-state index in [1.807, 2.05) is 24.3 Å². The Labute approximate surface area is 82.3 Å². The molecule has 3 heteroatoms. The van der Waals surface area contributed by atoms with Gasteiger partial charge in [0, 0.05) is 17.8 Å². The second kappa shape index (κ2) is 3.18. The maximum Gasteiger partial charge on any atom is 0.323 e. The number of fused-ring (bicyclic) bond motifs is 1. The van der Waals surface area contributed by atoms with E-state index in [9.17, 15) is 4.79 Å². The second-order valence-electron chi connectivity index (χ2n) is 3.35. The fraction of sp³-hybridized carbons (Fsp3) is 0.182. The highest BCUT2D eigenvalue weighted by atomic mass is 16.4. The van der Waals surface area contributed by atoms with Crippen LogP contribution in [0, 0.1) is 0 Å². The van der Waals surface area contributed by atoms with Gasteiger partial charge < -0.3 is 10.0 Å². The molecule has 0 saturated heterocycles. The first kappa shape index (κ1) is 8.81. The number of aliphatic carboxylic acids is 1. The van der Waals surface area contributed by atoms with E-state index in [0.29, 0.717) is 0 Å². The lowest BCUT2D eigenvalue weighted by atomic mass is 10.1. The van der Waals surface area contributed by atoms with Crippen LogP contribution in [0.25, 0.3) is 0 Å². The number of benzene rings is 1. The number of rotatable bonds is 2. The summed E-state index contributed by atoms with van der Waals surface area (Å²) in [5, 5.41) is 8.73. The molecule has 0 aliphatic carbocycles. The van der Waals surface area contributed by atoms with E-state index in [4.69, 9.17) is 5.11 Å². The van der Waals surface area contributed by atoms with Crippen molar-refractivity contribution in [2.45, 2.75) is 6.42 Å². The first-order valence-electron chi connectivity index (χ1n) is 4.43. The third-order valence-electron chi connectivity index (χ3n) is 2.35. The predicted octanol–water partition coefficient (Wildman–Crippen LogP) is 1.65. The minimum atomic E-state index is -0.831. The Kier molecular flexibility index (Phi) is 2.00. The van der Waals surface area contributed by atoms with Crippen molar-refractivity contribution in [1.29, 1.82) is 0 Å². The number of carboxylic acids is 1. The molecule has 0 fully saturated rings. The van der Waals surface area contributed by atoms with Gasteiger partial charge in [0.2, 0.25) is 0 Å². The van der Waals surface area contributed by atoms with Gasteiger partial charge in [0.15, 0.2) is 0 Å². The number of hydrogen-bond acceptors (Lipinski definition) is 2. The van der Waals surface area contributed by atoms with Crippen molar-refractivity contribution in [2.75, 3.05) is 11.4 Å². The molecule has 1 aromatic carbocycles. The fourth-order valence-electron chi connectivity index (χ4n) is 1.74. The van der Waals surface area contributed by atoms with Crippen molar-refractivity contribution < 1.29 is 9.90 Å². The van der Waals surface area contributed by atoms with Crippen molar-refractivity contribution in [2.24, 2.45) is 0 Å². The van der Waals surface area contributed by atoms with Gasteiger partial charge in [-0.15, -0.1) is 0 Å². The Morgan fingerprint density at radius 2 is 2.21 bits per heavy atom. The maximum absolute atomic E-state index is 10.6. The number of allylic oxidation sites excluding steroid dienone is 1. The highest BCUT2D eigenvalue weighted by Crippen LogP contribution is 2.32. The Balaban J connectivity index is 2.34. The molecule has 1 heterocycles. The van der Waals surface area contributed by atoms with Crippen molar-refractivity contribution in [1.82, 2.24) is 0 Å². The molecule has 0 amide bonds. The molecule has 72 valence electrons. The van der Waals surface area contributed by atoms with Crippen molar-refractivity contribution in [3.8, 4) is 0 Å². The van der Waals surface area contributed by atoms with Crippen molar-refractivity contribution in [3.05, 3.63) is 42.1 Å². The van der Waals surface area contributed by atoms with Gasteiger partial charge in [0.25, 0.3) is 0 Å². The third kappa shape index (κ3) is 1.37. The average molecular weight is 189 g/mol. The first-order valence-corrected chi connectivity index (χ1v) is 4.43. The molecular weight excluding hydrogens is 178 g/mol. The van der Waals surface area contributed by atoms with Crippen LogP contribution >= 0.6 is 0 Å². The van der Waals surface area contributed by atoms with Crippen LogP contribution in [0.3, 0.4) is 0 Å². The fourth-order valence-corrected chi connectivity index (χ4v) is 1.74. The Morgan fingerprint density at radius 3 is 2.93 bits per heavy atom. The van der Waals surface area contributed by atoms with E-state index < -0.39 is 5.97 Å².